The zero-order chi connectivity index (χ0) is 20.8. The molecule has 3 aromatic rings. The van der Waals surface area contributed by atoms with Gasteiger partial charge in [0.25, 0.3) is 11.5 Å². The SMILES string of the molecule is Nc1nc(SCC(=O)NCc2ccco2)[nH]c(=O)c1NC(=O)c1ccc(F)cc1. The number of thioether (sulfide) groups is 1. The molecule has 0 saturated heterocycles. The highest BCUT2D eigenvalue weighted by Gasteiger charge is 2.15. The van der Waals surface area contributed by atoms with E-state index in [1.807, 2.05) is 0 Å². The number of aromatic nitrogens is 2. The lowest BCUT2D eigenvalue weighted by atomic mass is 10.2. The van der Waals surface area contributed by atoms with Crippen LogP contribution in [0, 0.1) is 5.82 Å². The molecule has 150 valence electrons. The summed E-state index contributed by atoms with van der Waals surface area (Å²) in [6.07, 6.45) is 1.50. The third-order valence-corrected chi connectivity index (χ3v) is 4.52. The van der Waals surface area contributed by atoms with Gasteiger partial charge in [0.1, 0.15) is 17.3 Å². The Morgan fingerprint density at radius 1 is 1.24 bits per heavy atom. The first kappa shape index (κ1) is 20.1. The van der Waals surface area contributed by atoms with E-state index >= 15 is 0 Å². The minimum absolute atomic E-state index is 0.00955. The van der Waals surface area contributed by atoms with Crippen LogP contribution in [0.2, 0.25) is 0 Å². The lowest BCUT2D eigenvalue weighted by Gasteiger charge is -2.08. The van der Waals surface area contributed by atoms with Gasteiger partial charge in [0.2, 0.25) is 5.91 Å². The first-order valence-electron chi connectivity index (χ1n) is 8.31. The Bertz CT molecular complexity index is 1070. The van der Waals surface area contributed by atoms with E-state index in [1.54, 1.807) is 12.1 Å². The molecule has 11 heteroatoms. The number of carbonyl (C=O) groups excluding carboxylic acids is 2. The predicted molar refractivity (Wildman–Crippen MR) is 105 cm³/mol. The van der Waals surface area contributed by atoms with Crippen LogP contribution in [-0.4, -0.2) is 27.5 Å². The summed E-state index contributed by atoms with van der Waals surface area (Å²) in [5.41, 5.74) is 5.01. The molecule has 3 rings (SSSR count). The van der Waals surface area contributed by atoms with Gasteiger partial charge < -0.3 is 20.8 Å². The summed E-state index contributed by atoms with van der Waals surface area (Å²) in [6, 6.07) is 8.23. The summed E-state index contributed by atoms with van der Waals surface area (Å²) in [7, 11) is 0. The van der Waals surface area contributed by atoms with Crippen molar-refractivity contribution in [3.63, 3.8) is 0 Å². The molecule has 0 spiro atoms. The van der Waals surface area contributed by atoms with Gasteiger partial charge in [0.15, 0.2) is 11.0 Å². The van der Waals surface area contributed by atoms with Gasteiger partial charge in [-0.1, -0.05) is 11.8 Å². The Morgan fingerprint density at radius 2 is 2.00 bits per heavy atom. The number of nitrogens with zero attached hydrogens (tertiary/aromatic N) is 1. The monoisotopic (exact) mass is 417 g/mol. The van der Waals surface area contributed by atoms with Gasteiger partial charge in [-0.3, -0.25) is 19.4 Å². The van der Waals surface area contributed by atoms with Crippen molar-refractivity contribution in [2.45, 2.75) is 11.7 Å². The smallest absolute Gasteiger partial charge is 0.277 e. The second kappa shape index (κ2) is 9.06. The number of halogens is 1. The fourth-order valence-electron chi connectivity index (χ4n) is 2.23. The number of benzene rings is 1. The number of anilines is 2. The van der Waals surface area contributed by atoms with E-state index in [9.17, 15) is 18.8 Å². The van der Waals surface area contributed by atoms with E-state index in [0.717, 1.165) is 23.9 Å². The number of nitrogens with one attached hydrogen (secondary N) is 3. The molecular weight excluding hydrogens is 401 g/mol. The maximum atomic E-state index is 12.9. The minimum Gasteiger partial charge on any atom is -0.467 e. The van der Waals surface area contributed by atoms with E-state index in [1.165, 1.54) is 18.4 Å². The molecule has 0 fully saturated rings. The minimum atomic E-state index is -0.675. The number of carbonyl (C=O) groups is 2. The zero-order valence-electron chi connectivity index (χ0n) is 14.9. The molecule has 0 unspecified atom stereocenters. The van der Waals surface area contributed by atoms with E-state index < -0.39 is 17.3 Å². The van der Waals surface area contributed by atoms with E-state index in [-0.39, 0.29) is 40.4 Å². The van der Waals surface area contributed by atoms with Crippen LogP contribution in [0.3, 0.4) is 0 Å². The quantitative estimate of drug-likeness (QED) is 0.339. The van der Waals surface area contributed by atoms with Crippen molar-refractivity contribution < 1.29 is 18.4 Å². The highest BCUT2D eigenvalue weighted by Crippen LogP contribution is 2.17. The summed E-state index contributed by atoms with van der Waals surface area (Å²) < 4.78 is 18.1. The van der Waals surface area contributed by atoms with Crippen LogP contribution in [0.1, 0.15) is 16.1 Å². The molecule has 2 amide bonds. The normalized spacial score (nSPS) is 10.5. The molecule has 0 radical (unpaired) electrons. The molecule has 2 heterocycles. The van der Waals surface area contributed by atoms with Crippen molar-refractivity contribution in [2.75, 3.05) is 16.8 Å². The number of furan rings is 1. The zero-order valence-corrected chi connectivity index (χ0v) is 15.7. The van der Waals surface area contributed by atoms with Crippen molar-refractivity contribution in [1.82, 2.24) is 15.3 Å². The Labute approximate surface area is 167 Å². The number of nitrogens with two attached hydrogens (primary N) is 1. The maximum absolute atomic E-state index is 12.9. The molecule has 2 aromatic heterocycles. The van der Waals surface area contributed by atoms with Gasteiger partial charge in [-0.05, 0) is 36.4 Å². The van der Waals surface area contributed by atoms with Crippen LogP contribution in [0.5, 0.6) is 0 Å². The third-order valence-electron chi connectivity index (χ3n) is 3.65. The molecular formula is C18H16FN5O4S. The summed E-state index contributed by atoms with van der Waals surface area (Å²) in [4.78, 5) is 42.7. The molecule has 9 nitrogen and oxygen atoms in total. The highest BCUT2D eigenvalue weighted by molar-refractivity contribution is 7.99. The molecule has 0 aliphatic rings. The summed E-state index contributed by atoms with van der Waals surface area (Å²) in [6.45, 7) is 0.243. The molecule has 5 N–H and O–H groups in total. The predicted octanol–water partition coefficient (Wildman–Crippen LogP) is 1.74. The maximum Gasteiger partial charge on any atom is 0.277 e. The molecule has 1 aromatic carbocycles. The average Bonchev–Trinajstić information content (AvgIpc) is 3.21. The topological polar surface area (TPSA) is 143 Å². The molecule has 0 bridgehead atoms. The van der Waals surface area contributed by atoms with Crippen molar-refractivity contribution in [2.24, 2.45) is 0 Å². The van der Waals surface area contributed by atoms with E-state index in [2.05, 4.69) is 20.6 Å². The van der Waals surface area contributed by atoms with Gasteiger partial charge in [0.05, 0.1) is 18.6 Å². The average molecular weight is 417 g/mol. The van der Waals surface area contributed by atoms with Gasteiger partial charge in [0, 0.05) is 5.56 Å². The standard InChI is InChI=1S/C18H16FN5O4S/c19-11-5-3-10(4-6-11)16(26)22-14-15(20)23-18(24-17(14)27)29-9-13(25)21-8-12-2-1-7-28-12/h1-7H,8-9H2,(H,21,25)(H,22,26)(H3,20,23,24,27). The lowest BCUT2D eigenvalue weighted by molar-refractivity contribution is -0.118. The molecule has 0 aliphatic carbocycles. The van der Waals surface area contributed by atoms with Crippen LogP contribution >= 0.6 is 11.8 Å². The van der Waals surface area contributed by atoms with Gasteiger partial charge in [-0.2, -0.15) is 0 Å². The fourth-order valence-corrected chi connectivity index (χ4v) is 2.93. The van der Waals surface area contributed by atoms with E-state index in [0.29, 0.717) is 5.76 Å². The largest absolute Gasteiger partial charge is 0.467 e. The highest BCUT2D eigenvalue weighted by atomic mass is 32.2. The lowest BCUT2D eigenvalue weighted by Crippen LogP contribution is -2.25. The Kier molecular flexibility index (Phi) is 6.29. The number of aromatic amines is 1. The van der Waals surface area contributed by atoms with Crippen LogP contribution in [0.15, 0.2) is 57.0 Å². The van der Waals surface area contributed by atoms with Crippen LogP contribution in [-0.2, 0) is 11.3 Å². The van der Waals surface area contributed by atoms with Gasteiger partial charge in [-0.15, -0.1) is 0 Å². The molecule has 0 saturated carbocycles. The Hall–Kier alpha value is -3.60. The molecule has 29 heavy (non-hydrogen) atoms. The van der Waals surface area contributed by atoms with Crippen molar-refractivity contribution in [3.8, 4) is 0 Å². The van der Waals surface area contributed by atoms with Crippen molar-refractivity contribution in [1.29, 1.82) is 0 Å². The Morgan fingerprint density at radius 3 is 2.66 bits per heavy atom. The number of H-pyrrole nitrogens is 1. The number of rotatable bonds is 7. The van der Waals surface area contributed by atoms with Crippen molar-refractivity contribution >= 4 is 35.1 Å². The summed E-state index contributed by atoms with van der Waals surface area (Å²) >= 11 is 0.976. The van der Waals surface area contributed by atoms with Crippen LogP contribution < -0.4 is 21.9 Å². The van der Waals surface area contributed by atoms with Gasteiger partial charge >= 0.3 is 0 Å². The second-order valence-electron chi connectivity index (χ2n) is 5.74. The molecule has 0 aliphatic heterocycles. The first-order chi connectivity index (χ1) is 13.9. The number of hydrogen-bond acceptors (Lipinski definition) is 7. The van der Waals surface area contributed by atoms with Crippen molar-refractivity contribution in [3.05, 3.63) is 70.2 Å². The molecule has 0 atom stereocenters. The first-order valence-corrected chi connectivity index (χ1v) is 9.29. The van der Waals surface area contributed by atoms with Crippen LogP contribution in [0.25, 0.3) is 0 Å². The fraction of sp³-hybridized carbons (Fsp3) is 0.111. The summed E-state index contributed by atoms with van der Waals surface area (Å²) in [5, 5.41) is 5.13. The number of hydrogen-bond donors (Lipinski definition) is 4. The van der Waals surface area contributed by atoms with Gasteiger partial charge in [-0.25, -0.2) is 9.37 Å². The Balaban J connectivity index is 1.59. The summed E-state index contributed by atoms with van der Waals surface area (Å²) in [5.74, 6) is -1.02. The second-order valence-corrected chi connectivity index (χ2v) is 6.70. The number of amides is 2. The van der Waals surface area contributed by atoms with Crippen LogP contribution in [0.4, 0.5) is 15.9 Å². The number of nitrogen functional groups attached to an aromatic ring is 1. The third kappa shape index (κ3) is 5.45. The van der Waals surface area contributed by atoms with E-state index in [4.69, 9.17) is 10.2 Å².